The highest BCUT2D eigenvalue weighted by Gasteiger charge is 2.90. The normalized spacial score (nSPS) is 16.5. The Bertz CT molecular complexity index is 894. The molecule has 19 heteroatoms. The van der Waals surface area contributed by atoms with Crippen molar-refractivity contribution in [3.05, 3.63) is 0 Å². The van der Waals surface area contributed by atoms with E-state index < -0.39 is 67.2 Å². The second kappa shape index (κ2) is 13.0. The van der Waals surface area contributed by atoms with Gasteiger partial charge in [0.2, 0.25) is 5.91 Å². The number of imide groups is 1. The van der Waals surface area contributed by atoms with Crippen molar-refractivity contribution >= 4 is 17.9 Å². The molecule has 1 N–H and O–H groups in total. The zero-order valence-corrected chi connectivity index (χ0v) is 20.5. The lowest BCUT2D eigenvalue weighted by molar-refractivity contribution is -0.440. The number of esters is 1. The number of halogens is 13. The van der Waals surface area contributed by atoms with Crippen molar-refractivity contribution in [3.63, 3.8) is 0 Å². The number of alkyl halides is 13. The number of rotatable bonds is 13. The van der Waals surface area contributed by atoms with Gasteiger partial charge in [0, 0.05) is 25.9 Å². The van der Waals surface area contributed by atoms with Crippen LogP contribution in [-0.4, -0.2) is 78.3 Å². The van der Waals surface area contributed by atoms with Crippen LogP contribution in [0.1, 0.15) is 57.8 Å². The summed E-state index contributed by atoms with van der Waals surface area (Å²) in [5.74, 6) is -39.1. The molecule has 3 amide bonds. The third kappa shape index (κ3) is 7.61. The third-order valence-corrected chi connectivity index (χ3v) is 5.83. The number of nitrogens with one attached hydrogen (secondary N) is 1. The number of amides is 3. The van der Waals surface area contributed by atoms with Crippen molar-refractivity contribution in [2.75, 3.05) is 19.7 Å². The Morgan fingerprint density at radius 2 is 1.32 bits per heavy atom. The van der Waals surface area contributed by atoms with Crippen LogP contribution in [0.2, 0.25) is 0 Å². The van der Waals surface area contributed by atoms with Crippen LogP contribution in [0.15, 0.2) is 0 Å². The van der Waals surface area contributed by atoms with E-state index in [2.05, 4.69) is 10.1 Å². The highest BCUT2D eigenvalue weighted by atomic mass is 19.4. The number of carbonyl (C=O) groups is 3. The van der Waals surface area contributed by atoms with Gasteiger partial charge in [-0.1, -0.05) is 12.8 Å². The Labute approximate surface area is 218 Å². The first-order valence-corrected chi connectivity index (χ1v) is 11.7. The fraction of sp³-hybridized carbons (Fsp3) is 0.857. The molecule has 0 bridgehead atoms. The molecular formula is C21H25F13N2O4. The molecule has 0 aromatic carbocycles. The third-order valence-electron chi connectivity index (χ3n) is 5.83. The highest BCUT2D eigenvalue weighted by molar-refractivity contribution is 5.94. The van der Waals surface area contributed by atoms with E-state index in [-0.39, 0.29) is 44.7 Å². The molecule has 0 spiro atoms. The first-order valence-electron chi connectivity index (χ1n) is 11.7. The minimum Gasteiger partial charge on any atom is -0.465 e. The molecule has 1 aliphatic heterocycles. The van der Waals surface area contributed by atoms with Gasteiger partial charge in [0.25, 0.3) is 0 Å². The van der Waals surface area contributed by atoms with Crippen LogP contribution in [0.5, 0.6) is 0 Å². The Morgan fingerprint density at radius 1 is 0.750 bits per heavy atom. The van der Waals surface area contributed by atoms with Gasteiger partial charge in [-0.15, -0.1) is 0 Å². The van der Waals surface area contributed by atoms with Crippen LogP contribution in [0.25, 0.3) is 0 Å². The fourth-order valence-electron chi connectivity index (χ4n) is 3.38. The Hall–Kier alpha value is -2.50. The second-order valence-corrected chi connectivity index (χ2v) is 8.87. The van der Waals surface area contributed by atoms with Crippen molar-refractivity contribution in [3.8, 4) is 0 Å². The lowest BCUT2D eigenvalue weighted by Gasteiger charge is -2.39. The Morgan fingerprint density at radius 3 is 1.90 bits per heavy atom. The van der Waals surface area contributed by atoms with Crippen molar-refractivity contribution in [2.24, 2.45) is 0 Å². The van der Waals surface area contributed by atoms with Gasteiger partial charge in [0.05, 0.1) is 13.0 Å². The van der Waals surface area contributed by atoms with E-state index in [4.69, 9.17) is 0 Å². The quantitative estimate of drug-likeness (QED) is 0.149. The summed E-state index contributed by atoms with van der Waals surface area (Å²) in [4.78, 5) is 36.4. The molecule has 0 radical (unpaired) electrons. The zero-order valence-electron chi connectivity index (χ0n) is 20.5. The molecule has 0 aromatic heterocycles. The van der Waals surface area contributed by atoms with Crippen LogP contribution in [0.3, 0.4) is 0 Å². The lowest BCUT2D eigenvalue weighted by atomic mass is 9.93. The number of unbranched alkanes of at least 4 members (excludes halogenated alkanes) is 2. The summed E-state index contributed by atoms with van der Waals surface area (Å²) in [6.45, 7) is -1.47. The molecule has 1 saturated heterocycles. The van der Waals surface area contributed by atoms with Crippen molar-refractivity contribution < 1.29 is 76.2 Å². The monoisotopic (exact) mass is 616 g/mol. The maximum Gasteiger partial charge on any atom is 0.460 e. The van der Waals surface area contributed by atoms with Crippen LogP contribution in [0.4, 0.5) is 61.9 Å². The number of ether oxygens (including phenoxy) is 1. The average Bonchev–Trinajstić information content (AvgIpc) is 3.04. The second-order valence-electron chi connectivity index (χ2n) is 8.87. The molecule has 234 valence electrons. The van der Waals surface area contributed by atoms with Gasteiger partial charge < -0.3 is 10.1 Å². The maximum atomic E-state index is 13.7. The standard InChI is InChI=1S/C21H25F13N2O4/c22-16(23,17(24,25)18(26,27)19(28,29)20(30,31)21(32,33)34)9-12-40-14(38)8-4-1-5-10-35-15(39)36-11-6-2-3-7-13(36)37/h1-12H2,(H,35,39). The molecule has 6 nitrogen and oxygen atoms in total. The molecule has 0 unspecified atom stereocenters. The molecular weight excluding hydrogens is 591 g/mol. The van der Waals surface area contributed by atoms with E-state index in [1.165, 1.54) is 0 Å². The molecule has 0 aliphatic carbocycles. The SMILES string of the molecule is O=C(CCCCCNC(=O)N1CCCCCC1=O)OCCC(F)(F)C(F)(F)C(F)(F)C(F)(F)C(F)(F)C(F)(F)F. The zero-order chi connectivity index (χ0) is 31.2. The van der Waals surface area contributed by atoms with Gasteiger partial charge >= 0.3 is 47.8 Å². The largest absolute Gasteiger partial charge is 0.465 e. The van der Waals surface area contributed by atoms with E-state index in [1.54, 1.807) is 0 Å². The Kier molecular flexibility index (Phi) is 11.5. The average molecular weight is 616 g/mol. The highest BCUT2D eigenvalue weighted by Crippen LogP contribution is 2.60. The first kappa shape index (κ1) is 35.5. The number of nitrogens with zero attached hydrogens (tertiary/aromatic N) is 1. The summed E-state index contributed by atoms with van der Waals surface area (Å²) in [6, 6.07) is -0.616. The number of carbonyl (C=O) groups excluding carboxylic acids is 3. The summed E-state index contributed by atoms with van der Waals surface area (Å²) in [7, 11) is 0. The maximum absolute atomic E-state index is 13.7. The predicted octanol–water partition coefficient (Wildman–Crippen LogP) is 6.33. The summed E-state index contributed by atoms with van der Waals surface area (Å²) in [6.07, 6.45) is -7.86. The molecule has 1 fully saturated rings. The topological polar surface area (TPSA) is 75.7 Å². The number of hydrogen-bond donors (Lipinski definition) is 1. The van der Waals surface area contributed by atoms with E-state index in [9.17, 15) is 71.5 Å². The molecule has 1 rings (SSSR count). The van der Waals surface area contributed by atoms with Crippen molar-refractivity contribution in [1.82, 2.24) is 10.2 Å². The molecule has 1 aliphatic rings. The number of urea groups is 1. The van der Waals surface area contributed by atoms with Crippen LogP contribution >= 0.6 is 0 Å². The van der Waals surface area contributed by atoms with E-state index in [0.717, 1.165) is 11.3 Å². The van der Waals surface area contributed by atoms with Crippen LogP contribution in [-0.2, 0) is 14.3 Å². The summed E-state index contributed by atoms with van der Waals surface area (Å²) < 4.78 is 174. The molecule has 0 aromatic rings. The predicted molar refractivity (Wildman–Crippen MR) is 108 cm³/mol. The molecule has 0 saturated carbocycles. The summed E-state index contributed by atoms with van der Waals surface area (Å²) in [5.41, 5.74) is 0. The smallest absolute Gasteiger partial charge is 0.460 e. The van der Waals surface area contributed by atoms with Gasteiger partial charge in [-0.25, -0.2) is 4.79 Å². The van der Waals surface area contributed by atoms with Gasteiger partial charge in [-0.3, -0.25) is 14.5 Å². The fourth-order valence-corrected chi connectivity index (χ4v) is 3.38. The Balaban J connectivity index is 2.52. The van der Waals surface area contributed by atoms with E-state index >= 15 is 0 Å². The van der Waals surface area contributed by atoms with Crippen LogP contribution in [0, 0.1) is 0 Å². The van der Waals surface area contributed by atoms with Gasteiger partial charge in [-0.05, 0) is 25.7 Å². The minimum absolute atomic E-state index is 0.0132. The van der Waals surface area contributed by atoms with Crippen LogP contribution < -0.4 is 5.32 Å². The van der Waals surface area contributed by atoms with E-state index in [0.29, 0.717) is 12.8 Å². The molecule has 40 heavy (non-hydrogen) atoms. The van der Waals surface area contributed by atoms with Gasteiger partial charge in [0.15, 0.2) is 0 Å². The number of likely N-dealkylation sites (tertiary alicyclic amines) is 1. The lowest BCUT2D eigenvalue weighted by Crippen LogP contribution is -2.70. The van der Waals surface area contributed by atoms with Crippen molar-refractivity contribution in [1.29, 1.82) is 0 Å². The van der Waals surface area contributed by atoms with Crippen molar-refractivity contribution in [2.45, 2.75) is 93.6 Å². The number of hydrogen-bond acceptors (Lipinski definition) is 4. The first-order chi connectivity index (χ1) is 18.0. The molecule has 1 heterocycles. The summed E-state index contributed by atoms with van der Waals surface area (Å²) in [5, 5.41) is 2.48. The minimum atomic E-state index is -7.98. The van der Waals surface area contributed by atoms with Gasteiger partial charge in [-0.2, -0.15) is 57.1 Å². The molecule has 0 atom stereocenters. The van der Waals surface area contributed by atoms with Gasteiger partial charge in [0.1, 0.15) is 0 Å². The van der Waals surface area contributed by atoms with E-state index in [1.807, 2.05) is 0 Å². The summed E-state index contributed by atoms with van der Waals surface area (Å²) >= 11 is 0.